The fourth-order valence-electron chi connectivity index (χ4n) is 1.47. The lowest BCUT2D eigenvalue weighted by Gasteiger charge is -2.06. The first kappa shape index (κ1) is 10.3. The van der Waals surface area contributed by atoms with Crippen LogP contribution in [0.15, 0.2) is 18.5 Å². The molecule has 2 nitrogen and oxygen atoms in total. The molecule has 1 aliphatic carbocycles. The van der Waals surface area contributed by atoms with Gasteiger partial charge in [0.1, 0.15) is 6.54 Å². The number of halogens is 3. The molecular formula is C10H10F3NO. The van der Waals surface area contributed by atoms with Crippen LogP contribution in [-0.4, -0.2) is 16.5 Å². The molecule has 82 valence electrons. The Kier molecular flexibility index (Phi) is 2.32. The molecule has 0 aromatic carbocycles. The summed E-state index contributed by atoms with van der Waals surface area (Å²) in [6.07, 6.45) is 0.0583. The summed E-state index contributed by atoms with van der Waals surface area (Å²) in [5, 5.41) is 0. The number of nitrogens with zero attached hydrogens (tertiary/aromatic N) is 1. The third kappa shape index (κ3) is 2.61. The zero-order chi connectivity index (χ0) is 11.1. The van der Waals surface area contributed by atoms with Gasteiger partial charge in [-0.25, -0.2) is 0 Å². The Morgan fingerprint density at radius 3 is 2.67 bits per heavy atom. The first-order valence-electron chi connectivity index (χ1n) is 4.72. The number of aromatic nitrogens is 1. The molecule has 1 heterocycles. The van der Waals surface area contributed by atoms with E-state index in [-0.39, 0.29) is 11.7 Å². The highest BCUT2D eigenvalue weighted by Gasteiger charge is 2.32. The number of hydrogen-bond acceptors (Lipinski definition) is 1. The van der Waals surface area contributed by atoms with Crippen LogP contribution in [0.5, 0.6) is 0 Å². The fraction of sp³-hybridized carbons (Fsp3) is 0.500. The van der Waals surface area contributed by atoms with Crippen molar-refractivity contribution >= 4 is 5.78 Å². The van der Waals surface area contributed by atoms with Crippen molar-refractivity contribution in [2.45, 2.75) is 25.6 Å². The van der Waals surface area contributed by atoms with E-state index < -0.39 is 12.7 Å². The van der Waals surface area contributed by atoms with Crippen LogP contribution < -0.4 is 0 Å². The zero-order valence-corrected chi connectivity index (χ0v) is 7.92. The summed E-state index contributed by atoms with van der Waals surface area (Å²) in [4.78, 5) is 11.5. The van der Waals surface area contributed by atoms with Gasteiger partial charge in [0.2, 0.25) is 0 Å². The SMILES string of the molecule is O=C(c1ccn(CC(F)(F)F)c1)C1CC1. The molecule has 0 N–H and O–H groups in total. The van der Waals surface area contributed by atoms with E-state index in [9.17, 15) is 18.0 Å². The van der Waals surface area contributed by atoms with Crippen LogP contribution in [0.25, 0.3) is 0 Å². The maximum atomic E-state index is 12.0. The highest BCUT2D eigenvalue weighted by Crippen LogP contribution is 2.32. The molecule has 0 bridgehead atoms. The van der Waals surface area contributed by atoms with E-state index in [4.69, 9.17) is 0 Å². The molecule has 0 unspecified atom stereocenters. The van der Waals surface area contributed by atoms with Gasteiger partial charge in [-0.2, -0.15) is 13.2 Å². The molecule has 0 amide bonds. The fourth-order valence-corrected chi connectivity index (χ4v) is 1.47. The quantitative estimate of drug-likeness (QED) is 0.713. The summed E-state index contributed by atoms with van der Waals surface area (Å²) in [5.74, 6) is 0.0164. The highest BCUT2D eigenvalue weighted by atomic mass is 19.4. The maximum Gasteiger partial charge on any atom is 0.406 e. The summed E-state index contributed by atoms with van der Waals surface area (Å²) in [6.45, 7) is -1.04. The Labute approximate surface area is 84.7 Å². The smallest absolute Gasteiger partial charge is 0.344 e. The summed E-state index contributed by atoms with van der Waals surface area (Å²) >= 11 is 0. The van der Waals surface area contributed by atoms with Gasteiger partial charge in [0, 0.05) is 23.9 Å². The number of rotatable bonds is 3. The van der Waals surface area contributed by atoms with Gasteiger partial charge in [0.05, 0.1) is 0 Å². The number of hydrogen-bond donors (Lipinski definition) is 0. The van der Waals surface area contributed by atoms with E-state index in [1.54, 1.807) is 0 Å². The number of Topliss-reactive ketones (excluding diaryl/α,β-unsaturated/α-hetero) is 1. The Bertz CT molecular complexity index is 376. The van der Waals surface area contributed by atoms with E-state index in [0.717, 1.165) is 17.4 Å². The van der Waals surface area contributed by atoms with Crippen molar-refractivity contribution in [2.75, 3.05) is 0 Å². The van der Waals surface area contributed by atoms with E-state index >= 15 is 0 Å². The van der Waals surface area contributed by atoms with Gasteiger partial charge in [-0.15, -0.1) is 0 Å². The lowest BCUT2D eigenvalue weighted by molar-refractivity contribution is -0.140. The highest BCUT2D eigenvalue weighted by molar-refractivity contribution is 5.99. The topological polar surface area (TPSA) is 22.0 Å². The normalized spacial score (nSPS) is 16.7. The molecule has 0 aliphatic heterocycles. The van der Waals surface area contributed by atoms with Gasteiger partial charge in [-0.05, 0) is 18.9 Å². The molecule has 1 aliphatic rings. The van der Waals surface area contributed by atoms with E-state index in [2.05, 4.69) is 0 Å². The van der Waals surface area contributed by atoms with Crippen LogP contribution in [0.1, 0.15) is 23.2 Å². The largest absolute Gasteiger partial charge is 0.406 e. The third-order valence-corrected chi connectivity index (χ3v) is 2.34. The summed E-state index contributed by atoms with van der Waals surface area (Å²) in [6, 6.07) is 1.45. The Morgan fingerprint density at radius 1 is 1.47 bits per heavy atom. The van der Waals surface area contributed by atoms with Crippen molar-refractivity contribution in [3.8, 4) is 0 Å². The monoisotopic (exact) mass is 217 g/mol. The van der Waals surface area contributed by atoms with Crippen molar-refractivity contribution in [3.63, 3.8) is 0 Å². The van der Waals surface area contributed by atoms with Gasteiger partial charge in [0.25, 0.3) is 0 Å². The standard InChI is InChI=1S/C10H10F3NO/c11-10(12,13)6-14-4-3-8(5-14)9(15)7-1-2-7/h3-5,7H,1-2,6H2. The van der Waals surface area contributed by atoms with Crippen LogP contribution in [0.3, 0.4) is 0 Å². The van der Waals surface area contributed by atoms with Crippen molar-refractivity contribution in [3.05, 3.63) is 24.0 Å². The van der Waals surface area contributed by atoms with Crippen molar-refractivity contribution in [1.29, 1.82) is 0 Å². The van der Waals surface area contributed by atoms with Crippen molar-refractivity contribution in [2.24, 2.45) is 5.92 Å². The summed E-state index contributed by atoms with van der Waals surface area (Å²) in [5.41, 5.74) is 0.391. The van der Waals surface area contributed by atoms with Crippen LogP contribution in [0.2, 0.25) is 0 Å². The number of ketones is 1. The second-order valence-corrected chi connectivity index (χ2v) is 3.83. The maximum absolute atomic E-state index is 12.0. The minimum atomic E-state index is -4.24. The lowest BCUT2D eigenvalue weighted by Crippen LogP contribution is -2.16. The van der Waals surface area contributed by atoms with Gasteiger partial charge < -0.3 is 4.57 Å². The third-order valence-electron chi connectivity index (χ3n) is 2.34. The van der Waals surface area contributed by atoms with Gasteiger partial charge in [-0.1, -0.05) is 0 Å². The summed E-state index contributed by atoms with van der Waals surface area (Å²) < 4.78 is 37.0. The molecule has 15 heavy (non-hydrogen) atoms. The van der Waals surface area contributed by atoms with Crippen LogP contribution in [-0.2, 0) is 6.54 Å². The molecule has 5 heteroatoms. The predicted molar refractivity (Wildman–Crippen MR) is 47.5 cm³/mol. The molecule has 1 fully saturated rings. The predicted octanol–water partition coefficient (Wildman–Crippen LogP) is 2.64. The van der Waals surface area contributed by atoms with Gasteiger partial charge in [-0.3, -0.25) is 4.79 Å². The molecule has 0 radical (unpaired) electrons. The van der Waals surface area contributed by atoms with Crippen LogP contribution in [0.4, 0.5) is 13.2 Å². The molecule has 1 saturated carbocycles. The Balaban J connectivity index is 2.06. The van der Waals surface area contributed by atoms with E-state index in [1.165, 1.54) is 18.5 Å². The summed E-state index contributed by atoms with van der Waals surface area (Å²) in [7, 11) is 0. The minimum Gasteiger partial charge on any atom is -0.344 e. The first-order chi connectivity index (χ1) is 6.96. The second kappa shape index (κ2) is 3.40. The average Bonchev–Trinajstić information content (AvgIpc) is 2.85. The van der Waals surface area contributed by atoms with Crippen molar-refractivity contribution < 1.29 is 18.0 Å². The Morgan fingerprint density at radius 2 is 2.13 bits per heavy atom. The molecule has 1 aromatic heterocycles. The molecule has 0 atom stereocenters. The zero-order valence-electron chi connectivity index (χ0n) is 7.92. The van der Waals surface area contributed by atoms with E-state index in [0.29, 0.717) is 5.56 Å². The average molecular weight is 217 g/mol. The Hall–Kier alpha value is -1.26. The van der Waals surface area contributed by atoms with Crippen LogP contribution in [0, 0.1) is 5.92 Å². The molecular weight excluding hydrogens is 207 g/mol. The lowest BCUT2D eigenvalue weighted by atomic mass is 10.1. The van der Waals surface area contributed by atoms with Crippen molar-refractivity contribution in [1.82, 2.24) is 4.57 Å². The van der Waals surface area contributed by atoms with Gasteiger partial charge >= 0.3 is 6.18 Å². The molecule has 2 rings (SSSR count). The number of alkyl halides is 3. The first-order valence-corrected chi connectivity index (χ1v) is 4.72. The number of carbonyl (C=O) groups is 1. The molecule has 0 spiro atoms. The molecule has 0 saturated heterocycles. The van der Waals surface area contributed by atoms with Crippen LogP contribution >= 0.6 is 0 Å². The van der Waals surface area contributed by atoms with Gasteiger partial charge in [0.15, 0.2) is 5.78 Å². The number of carbonyl (C=O) groups excluding carboxylic acids is 1. The molecule has 1 aromatic rings. The second-order valence-electron chi connectivity index (χ2n) is 3.83. The minimum absolute atomic E-state index is 0.0316. The van der Waals surface area contributed by atoms with E-state index in [1.807, 2.05) is 0 Å².